The molecule has 0 bridgehead atoms. The molecule has 0 aromatic heterocycles. The van der Waals surface area contributed by atoms with Crippen molar-refractivity contribution in [2.45, 2.75) is 84.1 Å². The van der Waals surface area contributed by atoms with Crippen LogP contribution in [-0.4, -0.2) is 11.9 Å². The zero-order chi connectivity index (χ0) is 12.9. The van der Waals surface area contributed by atoms with Gasteiger partial charge in [0, 0.05) is 12.5 Å². The van der Waals surface area contributed by atoms with Gasteiger partial charge < -0.3 is 5.32 Å². The van der Waals surface area contributed by atoms with E-state index in [4.69, 9.17) is 0 Å². The lowest BCUT2D eigenvalue weighted by Crippen LogP contribution is -2.32. The Bertz CT molecular complexity index is 180. The minimum Gasteiger partial charge on any atom is -0.354 e. The van der Waals surface area contributed by atoms with Crippen LogP contribution in [0.1, 0.15) is 78.1 Å². The lowest BCUT2D eigenvalue weighted by atomic mass is 10.1. The zero-order valence-electron chi connectivity index (χ0n) is 11.8. The van der Waals surface area contributed by atoms with Gasteiger partial charge in [-0.25, -0.2) is 0 Å². The average Bonchev–Trinajstić information content (AvgIpc) is 2.28. The van der Waals surface area contributed by atoms with E-state index in [-0.39, 0.29) is 5.91 Å². The summed E-state index contributed by atoms with van der Waals surface area (Å²) in [5.41, 5.74) is 0. The number of hydrogen-bond acceptors (Lipinski definition) is 1. The van der Waals surface area contributed by atoms with Crippen molar-refractivity contribution in [1.82, 2.24) is 5.32 Å². The predicted octanol–water partition coefficient (Wildman–Crippen LogP) is 4.25. The fraction of sp³-hybridized carbons (Fsp3) is 0.867. The SMILES string of the molecule is [CH2]CCCCCCCCC(=O)NC(C)CCC. The van der Waals surface area contributed by atoms with Crippen molar-refractivity contribution in [2.24, 2.45) is 0 Å². The molecule has 1 radical (unpaired) electrons. The molecule has 0 aliphatic rings. The average molecular weight is 240 g/mol. The molecule has 0 fully saturated rings. The Morgan fingerprint density at radius 1 is 1.12 bits per heavy atom. The summed E-state index contributed by atoms with van der Waals surface area (Å²) in [5, 5.41) is 3.04. The summed E-state index contributed by atoms with van der Waals surface area (Å²) >= 11 is 0. The maximum Gasteiger partial charge on any atom is 0.220 e. The summed E-state index contributed by atoms with van der Waals surface area (Å²) in [5.74, 6) is 0.226. The Balaban J connectivity index is 3.27. The van der Waals surface area contributed by atoms with Gasteiger partial charge in [-0.3, -0.25) is 4.79 Å². The molecule has 101 valence electrons. The lowest BCUT2D eigenvalue weighted by Gasteiger charge is -2.12. The summed E-state index contributed by atoms with van der Waals surface area (Å²) in [6, 6.07) is 0.338. The Kier molecular flexibility index (Phi) is 11.6. The molecule has 1 unspecified atom stereocenters. The molecule has 0 saturated carbocycles. The molecule has 0 aromatic carbocycles. The molecule has 0 heterocycles. The minimum absolute atomic E-state index is 0.226. The topological polar surface area (TPSA) is 29.1 Å². The number of hydrogen-bond donors (Lipinski definition) is 1. The maximum atomic E-state index is 11.5. The molecule has 0 aliphatic carbocycles. The highest BCUT2D eigenvalue weighted by Crippen LogP contribution is 2.08. The number of carbonyl (C=O) groups is 1. The van der Waals surface area contributed by atoms with Crippen LogP contribution < -0.4 is 5.32 Å². The van der Waals surface area contributed by atoms with E-state index in [9.17, 15) is 4.79 Å². The summed E-state index contributed by atoms with van der Waals surface area (Å²) in [6.07, 6.45) is 11.3. The van der Waals surface area contributed by atoms with Crippen LogP contribution in [0.25, 0.3) is 0 Å². The zero-order valence-corrected chi connectivity index (χ0v) is 11.8. The number of amides is 1. The van der Waals surface area contributed by atoms with Crippen molar-refractivity contribution in [2.75, 3.05) is 0 Å². The van der Waals surface area contributed by atoms with E-state index in [0.29, 0.717) is 12.5 Å². The summed E-state index contributed by atoms with van der Waals surface area (Å²) in [7, 11) is 0. The van der Waals surface area contributed by atoms with Crippen molar-refractivity contribution in [1.29, 1.82) is 0 Å². The molecular weight excluding hydrogens is 210 g/mol. The third-order valence-electron chi connectivity index (χ3n) is 3.03. The van der Waals surface area contributed by atoms with Gasteiger partial charge in [0.05, 0.1) is 0 Å². The third-order valence-corrected chi connectivity index (χ3v) is 3.03. The number of nitrogens with one attached hydrogen (secondary N) is 1. The minimum atomic E-state index is 0.226. The molecule has 1 atom stereocenters. The molecular formula is C15H30NO. The van der Waals surface area contributed by atoms with Crippen LogP contribution >= 0.6 is 0 Å². The fourth-order valence-electron chi connectivity index (χ4n) is 2.02. The number of unbranched alkanes of at least 4 members (excludes halogenated alkanes) is 6. The lowest BCUT2D eigenvalue weighted by molar-refractivity contribution is -0.121. The highest BCUT2D eigenvalue weighted by molar-refractivity contribution is 5.76. The maximum absolute atomic E-state index is 11.5. The highest BCUT2D eigenvalue weighted by atomic mass is 16.1. The van der Waals surface area contributed by atoms with Crippen LogP contribution in [0.3, 0.4) is 0 Å². The Hall–Kier alpha value is -0.530. The largest absolute Gasteiger partial charge is 0.354 e. The first-order chi connectivity index (χ1) is 8.20. The third kappa shape index (κ3) is 11.7. The molecule has 1 amide bonds. The predicted molar refractivity (Wildman–Crippen MR) is 74.8 cm³/mol. The Labute approximate surface area is 108 Å². The first-order valence-corrected chi connectivity index (χ1v) is 7.29. The van der Waals surface area contributed by atoms with Crippen LogP contribution in [0.2, 0.25) is 0 Å². The molecule has 0 rings (SSSR count). The van der Waals surface area contributed by atoms with Gasteiger partial charge in [-0.1, -0.05) is 58.8 Å². The van der Waals surface area contributed by atoms with E-state index in [0.717, 1.165) is 25.7 Å². The molecule has 0 spiro atoms. The molecule has 0 aromatic rings. The van der Waals surface area contributed by atoms with E-state index in [1.165, 1.54) is 32.1 Å². The van der Waals surface area contributed by atoms with Gasteiger partial charge in [0.1, 0.15) is 0 Å². The van der Waals surface area contributed by atoms with E-state index in [1.807, 2.05) is 0 Å². The van der Waals surface area contributed by atoms with Crippen LogP contribution in [-0.2, 0) is 4.79 Å². The number of rotatable bonds is 11. The molecule has 17 heavy (non-hydrogen) atoms. The second-order valence-corrected chi connectivity index (χ2v) is 4.98. The fourth-order valence-corrected chi connectivity index (χ4v) is 2.02. The van der Waals surface area contributed by atoms with Gasteiger partial charge in [0.15, 0.2) is 0 Å². The van der Waals surface area contributed by atoms with E-state index in [2.05, 4.69) is 26.1 Å². The molecule has 2 heteroatoms. The van der Waals surface area contributed by atoms with Crippen LogP contribution in [0.15, 0.2) is 0 Å². The van der Waals surface area contributed by atoms with Gasteiger partial charge in [0.2, 0.25) is 5.91 Å². The van der Waals surface area contributed by atoms with Crippen LogP contribution in [0.4, 0.5) is 0 Å². The molecule has 0 saturated heterocycles. The van der Waals surface area contributed by atoms with Crippen molar-refractivity contribution in [3.8, 4) is 0 Å². The smallest absolute Gasteiger partial charge is 0.220 e. The van der Waals surface area contributed by atoms with E-state index in [1.54, 1.807) is 0 Å². The van der Waals surface area contributed by atoms with Crippen LogP contribution in [0, 0.1) is 6.92 Å². The van der Waals surface area contributed by atoms with Crippen LogP contribution in [0.5, 0.6) is 0 Å². The van der Waals surface area contributed by atoms with E-state index >= 15 is 0 Å². The Morgan fingerprint density at radius 2 is 1.71 bits per heavy atom. The first-order valence-electron chi connectivity index (χ1n) is 7.29. The van der Waals surface area contributed by atoms with Gasteiger partial charge in [-0.2, -0.15) is 0 Å². The van der Waals surface area contributed by atoms with Crippen molar-refractivity contribution in [3.05, 3.63) is 6.92 Å². The summed E-state index contributed by atoms with van der Waals surface area (Å²) in [6.45, 7) is 8.06. The van der Waals surface area contributed by atoms with Gasteiger partial charge in [-0.05, 0) is 19.8 Å². The normalized spacial score (nSPS) is 12.4. The van der Waals surface area contributed by atoms with Gasteiger partial charge >= 0.3 is 0 Å². The molecule has 1 N–H and O–H groups in total. The second kappa shape index (κ2) is 11.9. The van der Waals surface area contributed by atoms with Crippen molar-refractivity contribution >= 4 is 5.91 Å². The monoisotopic (exact) mass is 240 g/mol. The Morgan fingerprint density at radius 3 is 2.29 bits per heavy atom. The quantitative estimate of drug-likeness (QED) is 0.538. The van der Waals surface area contributed by atoms with E-state index < -0.39 is 0 Å². The summed E-state index contributed by atoms with van der Waals surface area (Å²) < 4.78 is 0. The van der Waals surface area contributed by atoms with Crippen molar-refractivity contribution < 1.29 is 4.79 Å². The standard InChI is InChI=1S/C15H30NO/c1-4-6-7-8-9-10-11-13-15(17)16-14(3)12-5-2/h14H,1,4-13H2,2-3H3,(H,16,17). The summed E-state index contributed by atoms with van der Waals surface area (Å²) in [4.78, 5) is 11.5. The number of carbonyl (C=O) groups excluding carboxylic acids is 1. The van der Waals surface area contributed by atoms with Gasteiger partial charge in [0.25, 0.3) is 0 Å². The van der Waals surface area contributed by atoms with Crippen molar-refractivity contribution in [3.63, 3.8) is 0 Å². The highest BCUT2D eigenvalue weighted by Gasteiger charge is 2.05. The molecule has 0 aliphatic heterocycles. The molecule has 2 nitrogen and oxygen atoms in total. The second-order valence-electron chi connectivity index (χ2n) is 4.98. The van der Waals surface area contributed by atoms with Gasteiger partial charge in [-0.15, -0.1) is 0 Å². The first kappa shape index (κ1) is 16.5.